The Kier molecular flexibility index (Phi) is 6.27. The maximum atomic E-state index is 11.9. The predicted octanol–water partition coefficient (Wildman–Crippen LogP) is 2.86. The minimum absolute atomic E-state index is 0.101. The van der Waals surface area contributed by atoms with Crippen molar-refractivity contribution in [1.82, 2.24) is 25.4 Å². The molecule has 1 heterocycles. The number of urea groups is 1. The Balaban J connectivity index is 1.57. The van der Waals surface area contributed by atoms with Gasteiger partial charge in [0.15, 0.2) is 0 Å². The Morgan fingerprint density at radius 3 is 2.73 bits per heavy atom. The van der Waals surface area contributed by atoms with Crippen LogP contribution in [0, 0.1) is 0 Å². The van der Waals surface area contributed by atoms with E-state index in [0.29, 0.717) is 17.6 Å². The number of carbonyl (C=O) groups is 2. The molecule has 0 spiro atoms. The van der Waals surface area contributed by atoms with Crippen molar-refractivity contribution in [1.29, 1.82) is 0 Å². The molecule has 0 saturated heterocycles. The quantitative estimate of drug-likeness (QED) is 0.549. The second kappa shape index (κ2) is 8.84. The van der Waals surface area contributed by atoms with Crippen molar-refractivity contribution in [2.24, 2.45) is 0 Å². The average Bonchev–Trinajstić information content (AvgIpc) is 3.40. The van der Waals surface area contributed by atoms with Crippen LogP contribution in [0.4, 0.5) is 4.79 Å². The third kappa shape index (κ3) is 5.08. The molecule has 2 aromatic rings. The number of para-hydroxylation sites is 1. The summed E-state index contributed by atoms with van der Waals surface area (Å²) < 4.78 is 1.86. The van der Waals surface area contributed by atoms with Gasteiger partial charge in [0, 0.05) is 12.5 Å². The van der Waals surface area contributed by atoms with Crippen LogP contribution in [0.3, 0.4) is 0 Å². The molecule has 0 unspecified atom stereocenters. The van der Waals surface area contributed by atoms with Crippen molar-refractivity contribution >= 4 is 23.7 Å². The van der Waals surface area contributed by atoms with Crippen LogP contribution in [0.1, 0.15) is 44.3 Å². The first-order valence-electron chi connectivity index (χ1n) is 8.90. The number of nitrogens with one attached hydrogen (secondary N) is 2. The molecule has 8 heteroatoms. The minimum atomic E-state index is -0.453. The van der Waals surface area contributed by atoms with Gasteiger partial charge in [0.2, 0.25) is 11.1 Å². The lowest BCUT2D eigenvalue weighted by Crippen LogP contribution is -2.40. The molecule has 1 aromatic carbocycles. The van der Waals surface area contributed by atoms with E-state index in [1.54, 1.807) is 0 Å². The summed E-state index contributed by atoms with van der Waals surface area (Å²) in [6.07, 6.45) is 4.12. The molecule has 1 aliphatic rings. The van der Waals surface area contributed by atoms with E-state index in [1.807, 2.05) is 41.9 Å². The molecule has 138 valence electrons. The number of aromatic nitrogens is 3. The van der Waals surface area contributed by atoms with E-state index in [2.05, 4.69) is 20.7 Å². The van der Waals surface area contributed by atoms with Crippen LogP contribution >= 0.6 is 11.8 Å². The highest BCUT2D eigenvalue weighted by atomic mass is 32.2. The maximum Gasteiger partial charge on any atom is 0.321 e. The van der Waals surface area contributed by atoms with Crippen molar-refractivity contribution in [3.05, 3.63) is 36.2 Å². The number of nitrogens with zero attached hydrogens (tertiary/aromatic N) is 3. The van der Waals surface area contributed by atoms with Gasteiger partial charge < -0.3 is 5.32 Å². The summed E-state index contributed by atoms with van der Waals surface area (Å²) in [5.74, 6) is 1.13. The first kappa shape index (κ1) is 18.4. The first-order chi connectivity index (χ1) is 12.7. The van der Waals surface area contributed by atoms with Gasteiger partial charge in [-0.1, -0.05) is 43.3 Å². The third-order valence-electron chi connectivity index (χ3n) is 3.96. The largest absolute Gasteiger partial charge is 0.338 e. The topological polar surface area (TPSA) is 88.9 Å². The Morgan fingerprint density at radius 2 is 2.04 bits per heavy atom. The smallest absolute Gasteiger partial charge is 0.321 e. The molecular weight excluding hydrogens is 350 g/mol. The lowest BCUT2D eigenvalue weighted by Gasteiger charge is -2.05. The van der Waals surface area contributed by atoms with Crippen LogP contribution in [0.25, 0.3) is 5.69 Å². The van der Waals surface area contributed by atoms with Crippen LogP contribution in [0.15, 0.2) is 35.5 Å². The van der Waals surface area contributed by atoms with E-state index in [0.717, 1.165) is 37.2 Å². The Labute approximate surface area is 157 Å². The highest BCUT2D eigenvalue weighted by Crippen LogP contribution is 2.40. The Bertz CT molecular complexity index is 758. The molecule has 1 aromatic heterocycles. The van der Waals surface area contributed by atoms with E-state index in [1.165, 1.54) is 11.8 Å². The molecule has 3 rings (SSSR count). The van der Waals surface area contributed by atoms with Crippen LogP contribution in [0.5, 0.6) is 0 Å². The van der Waals surface area contributed by atoms with Gasteiger partial charge in [-0.25, -0.2) is 14.5 Å². The average molecular weight is 373 g/mol. The number of hydrogen-bond acceptors (Lipinski definition) is 5. The van der Waals surface area contributed by atoms with Crippen molar-refractivity contribution < 1.29 is 9.59 Å². The molecule has 2 N–H and O–H groups in total. The fourth-order valence-corrected chi connectivity index (χ4v) is 3.08. The Hall–Kier alpha value is -2.35. The molecule has 0 atom stereocenters. The van der Waals surface area contributed by atoms with Gasteiger partial charge in [-0.05, 0) is 31.4 Å². The molecule has 26 heavy (non-hydrogen) atoms. The van der Waals surface area contributed by atoms with E-state index >= 15 is 0 Å². The second-order valence-electron chi connectivity index (χ2n) is 6.22. The highest BCUT2D eigenvalue weighted by Gasteiger charge is 2.30. The maximum absolute atomic E-state index is 11.9. The molecule has 1 saturated carbocycles. The normalized spacial score (nSPS) is 13.4. The molecule has 7 nitrogen and oxygen atoms in total. The molecule has 3 amide bonds. The molecular formula is C18H23N5O2S. The van der Waals surface area contributed by atoms with Gasteiger partial charge in [-0.2, -0.15) is 0 Å². The zero-order valence-electron chi connectivity index (χ0n) is 14.8. The van der Waals surface area contributed by atoms with Gasteiger partial charge in [0.25, 0.3) is 0 Å². The molecule has 0 bridgehead atoms. The summed E-state index contributed by atoms with van der Waals surface area (Å²) >= 11 is 1.24. The Morgan fingerprint density at radius 1 is 1.27 bits per heavy atom. The summed E-state index contributed by atoms with van der Waals surface area (Å²) in [6.45, 7) is 2.61. The van der Waals surface area contributed by atoms with E-state index in [9.17, 15) is 9.59 Å². The van der Waals surface area contributed by atoms with Crippen LogP contribution < -0.4 is 10.6 Å². The number of thioether (sulfide) groups is 1. The van der Waals surface area contributed by atoms with Crippen LogP contribution in [-0.2, 0) is 4.79 Å². The lowest BCUT2D eigenvalue weighted by atomic mass is 10.3. The number of imide groups is 1. The summed E-state index contributed by atoms with van der Waals surface area (Å²) in [6, 6.07) is 9.41. The molecule has 1 fully saturated rings. The number of hydrogen-bond donors (Lipinski definition) is 2. The van der Waals surface area contributed by atoms with Gasteiger partial charge >= 0.3 is 6.03 Å². The molecule has 1 aliphatic carbocycles. The van der Waals surface area contributed by atoms with Gasteiger partial charge in [-0.3, -0.25) is 10.1 Å². The summed E-state index contributed by atoms with van der Waals surface area (Å²) in [7, 11) is 0. The van der Waals surface area contributed by atoms with Crippen LogP contribution in [0.2, 0.25) is 0 Å². The first-order valence-corrected chi connectivity index (χ1v) is 9.88. The van der Waals surface area contributed by atoms with Crippen molar-refractivity contribution in [2.45, 2.75) is 43.7 Å². The third-order valence-corrected chi connectivity index (χ3v) is 4.79. The summed E-state index contributed by atoms with van der Waals surface area (Å²) in [5.41, 5.74) is 0.966. The monoisotopic (exact) mass is 373 g/mol. The van der Waals surface area contributed by atoms with E-state index in [-0.39, 0.29) is 11.7 Å². The molecule has 0 aliphatic heterocycles. The second-order valence-corrected chi connectivity index (χ2v) is 7.16. The lowest BCUT2D eigenvalue weighted by molar-refractivity contribution is -0.117. The SMILES string of the molecule is CCCCNC(=O)NC(=O)CSc1nc(C2CC2)n(-c2ccccc2)n1. The number of carbonyl (C=O) groups excluding carboxylic acids is 2. The zero-order valence-corrected chi connectivity index (χ0v) is 15.6. The van der Waals surface area contributed by atoms with Crippen molar-refractivity contribution in [3.63, 3.8) is 0 Å². The summed E-state index contributed by atoms with van der Waals surface area (Å²) in [4.78, 5) is 28.1. The number of unbranched alkanes of at least 4 members (excludes halogenated alkanes) is 1. The van der Waals surface area contributed by atoms with E-state index < -0.39 is 6.03 Å². The highest BCUT2D eigenvalue weighted by molar-refractivity contribution is 7.99. The van der Waals surface area contributed by atoms with Crippen molar-refractivity contribution in [2.75, 3.05) is 12.3 Å². The number of benzene rings is 1. The number of amides is 3. The van der Waals surface area contributed by atoms with Gasteiger partial charge in [0.05, 0.1) is 11.4 Å². The standard InChI is InChI=1S/C18H23N5O2S/c1-2-3-11-19-17(25)20-15(24)12-26-18-21-16(13-9-10-13)23(22-18)14-7-5-4-6-8-14/h4-8,13H,2-3,9-12H2,1H3,(H2,19,20,24,25). The van der Waals surface area contributed by atoms with Crippen LogP contribution in [-0.4, -0.2) is 39.0 Å². The van der Waals surface area contributed by atoms with E-state index in [4.69, 9.17) is 0 Å². The van der Waals surface area contributed by atoms with Gasteiger partial charge in [-0.15, -0.1) is 5.10 Å². The van der Waals surface area contributed by atoms with Gasteiger partial charge in [0.1, 0.15) is 5.82 Å². The fraction of sp³-hybridized carbons (Fsp3) is 0.444. The molecule has 0 radical (unpaired) electrons. The summed E-state index contributed by atoms with van der Waals surface area (Å²) in [5, 5.41) is 10.1. The minimum Gasteiger partial charge on any atom is -0.338 e. The predicted molar refractivity (Wildman–Crippen MR) is 101 cm³/mol. The number of rotatable bonds is 8. The zero-order chi connectivity index (χ0) is 18.4. The fourth-order valence-electron chi connectivity index (χ4n) is 2.45. The van der Waals surface area contributed by atoms with Crippen molar-refractivity contribution in [3.8, 4) is 5.69 Å².